The summed E-state index contributed by atoms with van der Waals surface area (Å²) in [5.74, 6) is 0. The van der Waals surface area contributed by atoms with Crippen LogP contribution in [0, 0.1) is 0 Å². The molecular weight excluding hydrogens is 311 g/mol. The lowest BCUT2D eigenvalue weighted by Gasteiger charge is -2.30. The molecule has 0 aliphatic carbocycles. The number of hydrogen-bond acceptors (Lipinski definition) is 4. The second-order valence-electron chi connectivity index (χ2n) is 7.79. The van der Waals surface area contributed by atoms with Crippen LogP contribution >= 0.6 is 7.37 Å². The van der Waals surface area contributed by atoms with Gasteiger partial charge in [-0.1, -0.05) is 0 Å². The van der Waals surface area contributed by atoms with E-state index in [0.29, 0.717) is 0 Å². The van der Waals surface area contributed by atoms with Crippen molar-refractivity contribution in [3.63, 3.8) is 0 Å². The highest BCUT2D eigenvalue weighted by Gasteiger charge is 2.34. The van der Waals surface area contributed by atoms with Gasteiger partial charge in [0.25, 0.3) is 0 Å². The first-order chi connectivity index (χ1) is 8.12. The van der Waals surface area contributed by atoms with E-state index < -0.39 is 32.3 Å². The van der Waals surface area contributed by atoms with Crippen LogP contribution in [0.4, 0.5) is 0 Å². The Bertz CT molecular complexity index is 306. The van der Waals surface area contributed by atoms with Gasteiger partial charge in [-0.3, -0.25) is 4.57 Å². The molecule has 0 aromatic rings. The molecule has 0 atom stereocenters. The fourth-order valence-corrected chi connectivity index (χ4v) is 10.3. The van der Waals surface area contributed by atoms with Gasteiger partial charge in [-0.2, -0.15) is 0 Å². The monoisotopic (exact) mass is 342 g/mol. The van der Waals surface area contributed by atoms with E-state index in [1.807, 2.05) is 19.6 Å². The maximum atomic E-state index is 12.9. The van der Waals surface area contributed by atoms with E-state index in [4.69, 9.17) is 13.1 Å². The van der Waals surface area contributed by atoms with Gasteiger partial charge in [0.1, 0.15) is 12.7 Å². The fraction of sp³-hybridized carbons (Fsp3) is 1.00. The molecule has 0 heterocycles. The van der Waals surface area contributed by atoms with E-state index in [0.717, 1.165) is 0 Å². The van der Waals surface area contributed by atoms with E-state index >= 15 is 0 Å². The first-order valence-electron chi connectivity index (χ1n) is 6.69. The highest BCUT2D eigenvalue weighted by atomic mass is 31.2. The lowest BCUT2D eigenvalue weighted by molar-refractivity contribution is 0.309. The van der Waals surface area contributed by atoms with Gasteiger partial charge in [-0.25, -0.2) is 0 Å². The minimum atomic E-state index is -2.85. The molecular formula is C11H31O4PSi3. The number of hydrogen-bond donors (Lipinski definition) is 0. The molecule has 0 radical (unpaired) electrons. The average Bonchev–Trinajstić information content (AvgIpc) is 2.07. The second-order valence-corrected chi connectivity index (χ2v) is 23.9. The van der Waals surface area contributed by atoms with Crippen LogP contribution < -0.4 is 0 Å². The Hall–Kier alpha value is 0.761. The van der Waals surface area contributed by atoms with Crippen molar-refractivity contribution in [2.75, 3.05) is 12.7 Å². The van der Waals surface area contributed by atoms with Crippen LogP contribution in [0.2, 0.25) is 58.9 Å². The van der Waals surface area contributed by atoms with Gasteiger partial charge in [-0.15, -0.1) is 0 Å². The zero-order valence-electron chi connectivity index (χ0n) is 14.0. The van der Waals surface area contributed by atoms with Crippen LogP contribution in [0.1, 0.15) is 0 Å². The van der Waals surface area contributed by atoms with Crippen molar-refractivity contribution in [3.05, 3.63) is 0 Å². The Morgan fingerprint density at radius 1 is 0.684 bits per heavy atom. The summed E-state index contributed by atoms with van der Waals surface area (Å²) >= 11 is 0. The predicted octanol–water partition coefficient (Wildman–Crippen LogP) is 4.73. The third kappa shape index (κ3) is 12.2. The summed E-state index contributed by atoms with van der Waals surface area (Å²) in [6.45, 7) is 18.7. The molecule has 116 valence electrons. The second kappa shape index (κ2) is 6.68. The fourth-order valence-electron chi connectivity index (χ4n) is 1.17. The quantitative estimate of drug-likeness (QED) is 0.472. The number of rotatable bonds is 8. The van der Waals surface area contributed by atoms with Crippen molar-refractivity contribution in [1.82, 2.24) is 0 Å². The lowest BCUT2D eigenvalue weighted by Crippen LogP contribution is -2.32. The normalized spacial score (nSPS) is 14.8. The molecule has 4 nitrogen and oxygen atoms in total. The minimum absolute atomic E-state index is 0.192. The maximum Gasteiger partial charge on any atom is 0.240 e. The van der Waals surface area contributed by atoms with Gasteiger partial charge < -0.3 is 13.1 Å². The molecule has 0 saturated heterocycles. The standard InChI is InChI=1S/C11H31O4PSi3/c1-17(2,3)13-10-16(12,15-19(7,8)9)11-14-18(4,5)6/h10-11H2,1-9H3. The van der Waals surface area contributed by atoms with Crippen LogP contribution in [0.15, 0.2) is 0 Å². The van der Waals surface area contributed by atoms with Crippen molar-refractivity contribution in [1.29, 1.82) is 0 Å². The van der Waals surface area contributed by atoms with Crippen LogP contribution in [0.3, 0.4) is 0 Å². The lowest BCUT2D eigenvalue weighted by atomic mass is 11.7. The summed E-state index contributed by atoms with van der Waals surface area (Å²) < 4.78 is 30.5. The molecule has 0 aliphatic heterocycles. The first-order valence-corrected chi connectivity index (χ1v) is 18.9. The molecule has 0 rings (SSSR count). The third-order valence-electron chi connectivity index (χ3n) is 1.83. The topological polar surface area (TPSA) is 44.8 Å². The molecule has 0 aliphatic rings. The molecule has 0 aromatic carbocycles. The summed E-state index contributed by atoms with van der Waals surface area (Å²) in [6.07, 6.45) is 0.384. The Morgan fingerprint density at radius 2 is 1.00 bits per heavy atom. The largest absolute Gasteiger partial charge is 0.408 e. The third-order valence-corrected chi connectivity index (χ3v) is 8.90. The molecule has 8 heteroatoms. The van der Waals surface area contributed by atoms with Crippen molar-refractivity contribution >= 4 is 32.3 Å². The van der Waals surface area contributed by atoms with E-state index in [2.05, 4.69) is 39.3 Å². The Kier molecular flexibility index (Phi) is 6.95. The highest BCUT2D eigenvalue weighted by Crippen LogP contribution is 2.50. The van der Waals surface area contributed by atoms with Crippen molar-refractivity contribution in [2.45, 2.75) is 58.9 Å². The summed E-state index contributed by atoms with van der Waals surface area (Å²) in [5, 5.41) is 0. The smallest absolute Gasteiger partial charge is 0.240 e. The van der Waals surface area contributed by atoms with E-state index in [-0.39, 0.29) is 12.7 Å². The molecule has 0 unspecified atom stereocenters. The average molecular weight is 343 g/mol. The first kappa shape index (κ1) is 19.8. The van der Waals surface area contributed by atoms with Gasteiger partial charge in [0.15, 0.2) is 25.0 Å². The van der Waals surface area contributed by atoms with Gasteiger partial charge >= 0.3 is 0 Å². The van der Waals surface area contributed by atoms with E-state index in [1.54, 1.807) is 0 Å². The van der Waals surface area contributed by atoms with Gasteiger partial charge in [0.05, 0.1) is 0 Å². The minimum Gasteiger partial charge on any atom is -0.408 e. The molecule has 0 aromatic heterocycles. The molecule has 0 saturated carbocycles. The SMILES string of the molecule is C[Si](C)(C)OCP(=O)(CO[Si](C)(C)C)O[Si](C)(C)C. The summed E-state index contributed by atoms with van der Waals surface area (Å²) in [5.41, 5.74) is 0. The molecule has 0 amide bonds. The summed E-state index contributed by atoms with van der Waals surface area (Å²) in [6, 6.07) is 0. The Balaban J connectivity index is 4.78. The zero-order valence-corrected chi connectivity index (χ0v) is 17.9. The predicted molar refractivity (Wildman–Crippen MR) is 90.6 cm³/mol. The molecule has 19 heavy (non-hydrogen) atoms. The van der Waals surface area contributed by atoms with E-state index in [1.165, 1.54) is 0 Å². The van der Waals surface area contributed by atoms with Crippen LogP contribution in [-0.4, -0.2) is 37.6 Å². The highest BCUT2D eigenvalue weighted by molar-refractivity contribution is 7.60. The van der Waals surface area contributed by atoms with Crippen LogP contribution in [0.25, 0.3) is 0 Å². The Labute approximate surface area is 122 Å². The van der Waals surface area contributed by atoms with Gasteiger partial charge in [0, 0.05) is 0 Å². The summed E-state index contributed by atoms with van der Waals surface area (Å²) in [4.78, 5) is 0. The van der Waals surface area contributed by atoms with E-state index in [9.17, 15) is 4.57 Å². The van der Waals surface area contributed by atoms with Crippen LogP contribution in [0.5, 0.6) is 0 Å². The molecule has 0 fully saturated rings. The molecule has 0 N–H and O–H groups in total. The van der Waals surface area contributed by atoms with Crippen molar-refractivity contribution in [2.24, 2.45) is 0 Å². The zero-order chi connectivity index (χ0) is 15.5. The van der Waals surface area contributed by atoms with Crippen molar-refractivity contribution in [3.8, 4) is 0 Å². The van der Waals surface area contributed by atoms with Crippen LogP contribution in [-0.2, 0) is 17.6 Å². The molecule has 0 bridgehead atoms. The van der Waals surface area contributed by atoms with Gasteiger partial charge in [-0.05, 0) is 58.9 Å². The Morgan fingerprint density at radius 3 is 1.21 bits per heavy atom. The van der Waals surface area contributed by atoms with Crippen molar-refractivity contribution < 1.29 is 17.6 Å². The van der Waals surface area contributed by atoms with Gasteiger partial charge in [0.2, 0.25) is 7.37 Å². The maximum absolute atomic E-state index is 12.9. The summed E-state index contributed by atoms with van der Waals surface area (Å²) in [7, 11) is -8.12. The molecule has 0 spiro atoms.